The number of aromatic nitrogens is 2. The Balaban J connectivity index is 2.30. The lowest BCUT2D eigenvalue weighted by Gasteiger charge is -2.18. The van der Waals surface area contributed by atoms with E-state index in [4.69, 9.17) is 0 Å². The average molecular weight is 320 g/mol. The summed E-state index contributed by atoms with van der Waals surface area (Å²) in [6.07, 6.45) is 4.57. The predicted molar refractivity (Wildman–Crippen MR) is 89.6 cm³/mol. The van der Waals surface area contributed by atoms with Crippen LogP contribution in [0.3, 0.4) is 0 Å². The Labute approximate surface area is 138 Å². The van der Waals surface area contributed by atoms with Crippen LogP contribution in [0.5, 0.6) is 0 Å². The number of hydrogen-bond acceptors (Lipinski definition) is 3. The van der Waals surface area contributed by atoms with E-state index in [-0.39, 0.29) is 23.9 Å². The summed E-state index contributed by atoms with van der Waals surface area (Å²) in [4.78, 5) is 29.4. The van der Waals surface area contributed by atoms with Gasteiger partial charge in [0.05, 0.1) is 5.69 Å². The molecule has 1 aliphatic rings. The number of imidazole rings is 1. The molecule has 6 nitrogen and oxygen atoms in total. The van der Waals surface area contributed by atoms with Crippen LogP contribution in [0.25, 0.3) is 0 Å². The number of carbonyl (C=O) groups excluding carboxylic acids is 2. The number of hydrogen-bond donors (Lipinski definition) is 2. The van der Waals surface area contributed by atoms with Gasteiger partial charge in [-0.1, -0.05) is 13.8 Å². The molecule has 128 valence electrons. The van der Waals surface area contributed by atoms with E-state index in [1.54, 1.807) is 0 Å². The third kappa shape index (κ3) is 3.92. The van der Waals surface area contributed by atoms with E-state index in [1.165, 1.54) is 0 Å². The molecule has 0 aliphatic carbocycles. The first-order valence-corrected chi connectivity index (χ1v) is 8.69. The van der Waals surface area contributed by atoms with Gasteiger partial charge in [0, 0.05) is 18.6 Å². The molecule has 0 bridgehead atoms. The SMILES string of the molecule is CCC(C)NC(=O)c1nc(C(=O)NC(C)CC)n2c1CCCC2. The van der Waals surface area contributed by atoms with Gasteiger partial charge in [-0.25, -0.2) is 4.98 Å². The van der Waals surface area contributed by atoms with Crippen LogP contribution in [0, 0.1) is 0 Å². The van der Waals surface area contributed by atoms with E-state index in [9.17, 15) is 9.59 Å². The van der Waals surface area contributed by atoms with Crippen LogP contribution in [0.15, 0.2) is 0 Å². The molecule has 2 unspecified atom stereocenters. The summed E-state index contributed by atoms with van der Waals surface area (Å²) < 4.78 is 1.92. The van der Waals surface area contributed by atoms with Gasteiger partial charge in [-0.15, -0.1) is 0 Å². The quantitative estimate of drug-likeness (QED) is 0.844. The summed E-state index contributed by atoms with van der Waals surface area (Å²) in [5.74, 6) is 0.00646. The van der Waals surface area contributed by atoms with E-state index in [2.05, 4.69) is 15.6 Å². The Kier molecular flexibility index (Phi) is 5.80. The van der Waals surface area contributed by atoms with Crippen molar-refractivity contribution in [1.82, 2.24) is 20.2 Å². The van der Waals surface area contributed by atoms with Crippen molar-refractivity contribution in [3.8, 4) is 0 Å². The van der Waals surface area contributed by atoms with Crippen molar-refractivity contribution in [2.45, 2.75) is 78.4 Å². The van der Waals surface area contributed by atoms with Gasteiger partial charge in [0.2, 0.25) is 0 Å². The maximum Gasteiger partial charge on any atom is 0.287 e. The van der Waals surface area contributed by atoms with Crippen LogP contribution in [-0.4, -0.2) is 33.4 Å². The molecule has 1 aromatic rings. The summed E-state index contributed by atoms with van der Waals surface area (Å²) in [5, 5.41) is 5.90. The molecule has 0 spiro atoms. The standard InChI is InChI=1S/C17H28N4O2/c1-5-11(3)18-16(22)14-13-9-7-8-10-21(13)15(20-14)17(23)19-12(4)6-2/h11-12H,5-10H2,1-4H3,(H,18,22)(H,19,23). The highest BCUT2D eigenvalue weighted by Gasteiger charge is 2.28. The summed E-state index contributed by atoms with van der Waals surface area (Å²) >= 11 is 0. The second-order valence-electron chi connectivity index (χ2n) is 6.40. The molecule has 2 amide bonds. The van der Waals surface area contributed by atoms with Crippen molar-refractivity contribution >= 4 is 11.8 Å². The maximum absolute atomic E-state index is 12.5. The third-order valence-corrected chi connectivity index (χ3v) is 4.52. The van der Waals surface area contributed by atoms with Gasteiger partial charge >= 0.3 is 0 Å². The van der Waals surface area contributed by atoms with Crippen molar-refractivity contribution in [3.05, 3.63) is 17.2 Å². The van der Waals surface area contributed by atoms with E-state index >= 15 is 0 Å². The number of amides is 2. The zero-order valence-electron chi connectivity index (χ0n) is 14.6. The molecule has 0 saturated heterocycles. The first kappa shape index (κ1) is 17.5. The van der Waals surface area contributed by atoms with Gasteiger partial charge < -0.3 is 15.2 Å². The molecule has 1 aromatic heterocycles. The minimum atomic E-state index is -0.190. The topological polar surface area (TPSA) is 76.0 Å². The van der Waals surface area contributed by atoms with E-state index in [0.29, 0.717) is 11.5 Å². The van der Waals surface area contributed by atoms with Crippen molar-refractivity contribution < 1.29 is 9.59 Å². The smallest absolute Gasteiger partial charge is 0.287 e. The highest BCUT2D eigenvalue weighted by atomic mass is 16.2. The van der Waals surface area contributed by atoms with Crippen LogP contribution in [0.2, 0.25) is 0 Å². The molecule has 0 radical (unpaired) electrons. The van der Waals surface area contributed by atoms with Crippen LogP contribution in [-0.2, 0) is 13.0 Å². The average Bonchev–Trinajstić information content (AvgIpc) is 2.94. The molecule has 2 atom stereocenters. The highest BCUT2D eigenvalue weighted by molar-refractivity contribution is 5.97. The number of nitrogens with one attached hydrogen (secondary N) is 2. The number of carbonyl (C=O) groups is 2. The van der Waals surface area contributed by atoms with Crippen molar-refractivity contribution in [1.29, 1.82) is 0 Å². The molecule has 1 aliphatic heterocycles. The van der Waals surface area contributed by atoms with Crippen molar-refractivity contribution in [2.75, 3.05) is 0 Å². The Morgan fingerprint density at radius 2 is 1.70 bits per heavy atom. The van der Waals surface area contributed by atoms with Gasteiger partial charge in [0.15, 0.2) is 5.82 Å². The fourth-order valence-electron chi connectivity index (χ4n) is 2.68. The number of rotatable bonds is 6. The molecular weight excluding hydrogens is 292 g/mol. The molecule has 0 saturated carbocycles. The van der Waals surface area contributed by atoms with Gasteiger partial charge in [-0.3, -0.25) is 9.59 Å². The zero-order valence-corrected chi connectivity index (χ0v) is 14.6. The molecule has 0 aromatic carbocycles. The van der Waals surface area contributed by atoms with Crippen LogP contribution in [0.4, 0.5) is 0 Å². The number of fused-ring (bicyclic) bond motifs is 1. The fraction of sp³-hybridized carbons (Fsp3) is 0.706. The summed E-state index contributed by atoms with van der Waals surface area (Å²) in [7, 11) is 0. The Morgan fingerprint density at radius 1 is 1.09 bits per heavy atom. The molecule has 0 fully saturated rings. The predicted octanol–water partition coefficient (Wildman–Crippen LogP) is 2.28. The minimum absolute atomic E-state index is 0.0939. The molecule has 2 heterocycles. The van der Waals surface area contributed by atoms with E-state index in [0.717, 1.165) is 44.3 Å². The normalized spacial score (nSPS) is 16.3. The second kappa shape index (κ2) is 7.62. The zero-order chi connectivity index (χ0) is 17.0. The summed E-state index contributed by atoms with van der Waals surface area (Å²) in [5.41, 5.74) is 1.31. The fourth-order valence-corrected chi connectivity index (χ4v) is 2.68. The molecule has 2 rings (SSSR count). The lowest BCUT2D eigenvalue weighted by atomic mass is 10.1. The minimum Gasteiger partial charge on any atom is -0.348 e. The van der Waals surface area contributed by atoms with Gasteiger partial charge in [0.1, 0.15) is 5.69 Å². The second-order valence-corrected chi connectivity index (χ2v) is 6.40. The third-order valence-electron chi connectivity index (χ3n) is 4.52. The van der Waals surface area contributed by atoms with Gasteiger partial charge in [0.25, 0.3) is 11.8 Å². The summed E-state index contributed by atoms with van der Waals surface area (Å²) in [6.45, 7) is 8.74. The Bertz CT molecular complexity index is 531. The molecule has 6 heteroatoms. The van der Waals surface area contributed by atoms with E-state index in [1.807, 2.05) is 32.3 Å². The molecule has 23 heavy (non-hydrogen) atoms. The largest absolute Gasteiger partial charge is 0.348 e. The van der Waals surface area contributed by atoms with Gasteiger partial charge in [-0.05, 0) is 46.0 Å². The first-order chi connectivity index (χ1) is 11.0. The molecule has 2 N–H and O–H groups in total. The Hall–Kier alpha value is -1.85. The van der Waals surface area contributed by atoms with Gasteiger partial charge in [-0.2, -0.15) is 0 Å². The van der Waals surface area contributed by atoms with E-state index < -0.39 is 0 Å². The van der Waals surface area contributed by atoms with Crippen LogP contribution >= 0.6 is 0 Å². The van der Waals surface area contributed by atoms with Crippen LogP contribution < -0.4 is 10.6 Å². The lowest BCUT2D eigenvalue weighted by Crippen LogP contribution is -2.34. The lowest BCUT2D eigenvalue weighted by molar-refractivity contribution is 0.0923. The van der Waals surface area contributed by atoms with Crippen molar-refractivity contribution in [2.24, 2.45) is 0 Å². The van der Waals surface area contributed by atoms with Crippen molar-refractivity contribution in [3.63, 3.8) is 0 Å². The highest BCUT2D eigenvalue weighted by Crippen LogP contribution is 2.21. The first-order valence-electron chi connectivity index (χ1n) is 8.69. The number of nitrogens with zero attached hydrogens (tertiary/aromatic N) is 2. The molecular formula is C17H28N4O2. The maximum atomic E-state index is 12.5. The summed E-state index contributed by atoms with van der Waals surface area (Å²) in [6, 6.07) is 0.192. The monoisotopic (exact) mass is 320 g/mol. The van der Waals surface area contributed by atoms with Crippen LogP contribution in [0.1, 0.15) is 80.2 Å². The Morgan fingerprint density at radius 3 is 2.30 bits per heavy atom.